The van der Waals surface area contributed by atoms with Crippen molar-refractivity contribution in [2.75, 3.05) is 13.2 Å². The highest BCUT2D eigenvalue weighted by Gasteiger charge is 2.34. The lowest BCUT2D eigenvalue weighted by Gasteiger charge is -2.12. The van der Waals surface area contributed by atoms with Crippen LogP contribution in [0.3, 0.4) is 0 Å². The summed E-state index contributed by atoms with van der Waals surface area (Å²) in [6, 6.07) is 6.96. The van der Waals surface area contributed by atoms with Crippen LogP contribution < -0.4 is 0 Å². The molecule has 23 heavy (non-hydrogen) atoms. The lowest BCUT2D eigenvalue weighted by atomic mass is 10.1. The number of fused-ring (bicyclic) bond motifs is 1. The minimum absolute atomic E-state index is 0.119. The van der Waals surface area contributed by atoms with Crippen molar-refractivity contribution in [3.05, 3.63) is 51.5 Å². The van der Waals surface area contributed by atoms with E-state index in [2.05, 4.69) is 4.98 Å². The standard InChI is InChI=1S/C17H16N2O3S/c20-16-12-4-1-2-5-13(12)17(21)19(16)8-7-11-10-23-15(18-11)14-6-3-9-22-14/h1-2,4-5,10,14H,3,6-9H2. The van der Waals surface area contributed by atoms with E-state index in [9.17, 15) is 9.59 Å². The SMILES string of the molecule is O=C1c2ccccc2C(=O)N1CCc1csc(C2CCCO2)n1. The highest BCUT2D eigenvalue weighted by atomic mass is 32.1. The van der Waals surface area contributed by atoms with E-state index in [0.717, 1.165) is 30.2 Å². The quantitative estimate of drug-likeness (QED) is 0.810. The zero-order valence-corrected chi connectivity index (χ0v) is 13.3. The molecule has 0 radical (unpaired) electrons. The largest absolute Gasteiger partial charge is 0.371 e. The molecule has 1 unspecified atom stereocenters. The molecule has 1 aromatic carbocycles. The van der Waals surface area contributed by atoms with Gasteiger partial charge in [-0.25, -0.2) is 4.98 Å². The number of aromatic nitrogens is 1. The fourth-order valence-corrected chi connectivity index (χ4v) is 3.96. The van der Waals surface area contributed by atoms with Gasteiger partial charge in [0.15, 0.2) is 0 Å². The van der Waals surface area contributed by atoms with E-state index in [4.69, 9.17) is 4.74 Å². The molecular formula is C17H16N2O3S. The fraction of sp³-hybridized carbons (Fsp3) is 0.353. The van der Waals surface area contributed by atoms with Gasteiger partial charge < -0.3 is 4.74 Å². The van der Waals surface area contributed by atoms with Gasteiger partial charge in [0.1, 0.15) is 11.1 Å². The van der Waals surface area contributed by atoms with Crippen molar-refractivity contribution >= 4 is 23.2 Å². The Balaban J connectivity index is 1.44. The van der Waals surface area contributed by atoms with Gasteiger partial charge in [0.2, 0.25) is 0 Å². The van der Waals surface area contributed by atoms with Crippen LogP contribution in [0.1, 0.15) is 50.4 Å². The van der Waals surface area contributed by atoms with Crippen LogP contribution in [-0.4, -0.2) is 34.8 Å². The van der Waals surface area contributed by atoms with E-state index in [1.165, 1.54) is 4.90 Å². The molecule has 4 rings (SSSR count). The minimum atomic E-state index is -0.208. The predicted molar refractivity (Wildman–Crippen MR) is 85.6 cm³/mol. The van der Waals surface area contributed by atoms with E-state index in [0.29, 0.717) is 24.1 Å². The van der Waals surface area contributed by atoms with Crippen LogP contribution in [-0.2, 0) is 11.2 Å². The van der Waals surface area contributed by atoms with Crippen LogP contribution in [0.4, 0.5) is 0 Å². The van der Waals surface area contributed by atoms with Gasteiger partial charge in [-0.2, -0.15) is 0 Å². The third-order valence-corrected chi connectivity index (χ3v) is 5.23. The zero-order valence-electron chi connectivity index (χ0n) is 12.5. The first-order valence-electron chi connectivity index (χ1n) is 7.75. The first kappa shape index (κ1) is 14.5. The second-order valence-electron chi connectivity index (χ2n) is 5.74. The third kappa shape index (κ3) is 2.58. The molecule has 2 aliphatic heterocycles. The van der Waals surface area contributed by atoms with Crippen LogP contribution in [0.15, 0.2) is 29.6 Å². The Labute approximate surface area is 137 Å². The second-order valence-corrected chi connectivity index (χ2v) is 6.63. The molecule has 2 amide bonds. The average molecular weight is 328 g/mol. The van der Waals surface area contributed by atoms with E-state index in [1.807, 2.05) is 5.38 Å². The highest BCUT2D eigenvalue weighted by Crippen LogP contribution is 2.31. The molecular weight excluding hydrogens is 312 g/mol. The molecule has 2 aromatic rings. The number of amides is 2. The van der Waals surface area contributed by atoms with Crippen LogP contribution in [0.5, 0.6) is 0 Å². The van der Waals surface area contributed by atoms with Gasteiger partial charge in [-0.15, -0.1) is 11.3 Å². The van der Waals surface area contributed by atoms with E-state index in [1.54, 1.807) is 35.6 Å². The Bertz CT molecular complexity index is 730. The summed E-state index contributed by atoms with van der Waals surface area (Å²) >= 11 is 1.59. The van der Waals surface area contributed by atoms with Crippen molar-refractivity contribution in [2.45, 2.75) is 25.4 Å². The number of thiazole rings is 1. The van der Waals surface area contributed by atoms with Gasteiger partial charge in [0, 0.05) is 25.0 Å². The lowest BCUT2D eigenvalue weighted by Crippen LogP contribution is -2.31. The number of rotatable bonds is 4. The first-order chi connectivity index (χ1) is 11.2. The van der Waals surface area contributed by atoms with Crippen LogP contribution >= 0.6 is 11.3 Å². The molecule has 6 heteroatoms. The smallest absolute Gasteiger partial charge is 0.261 e. The molecule has 0 saturated carbocycles. The van der Waals surface area contributed by atoms with Crippen molar-refractivity contribution in [3.63, 3.8) is 0 Å². The summed E-state index contributed by atoms with van der Waals surface area (Å²) in [5.41, 5.74) is 1.91. The normalized spacial score (nSPS) is 20.3. The number of nitrogens with zero attached hydrogens (tertiary/aromatic N) is 2. The van der Waals surface area contributed by atoms with Crippen LogP contribution in [0.2, 0.25) is 0 Å². The zero-order chi connectivity index (χ0) is 15.8. The number of benzene rings is 1. The summed E-state index contributed by atoms with van der Waals surface area (Å²) in [7, 11) is 0. The molecule has 118 valence electrons. The van der Waals surface area contributed by atoms with Gasteiger partial charge in [0.25, 0.3) is 11.8 Å². The van der Waals surface area contributed by atoms with Crippen molar-refractivity contribution in [1.29, 1.82) is 0 Å². The number of ether oxygens (including phenoxy) is 1. The molecule has 1 atom stereocenters. The molecule has 0 aliphatic carbocycles. The molecule has 0 spiro atoms. The van der Waals surface area contributed by atoms with E-state index >= 15 is 0 Å². The van der Waals surface area contributed by atoms with Crippen molar-refractivity contribution in [3.8, 4) is 0 Å². The first-order valence-corrected chi connectivity index (χ1v) is 8.63. The van der Waals surface area contributed by atoms with Gasteiger partial charge in [0.05, 0.1) is 16.8 Å². The average Bonchev–Trinajstić information content (AvgIpc) is 3.29. The van der Waals surface area contributed by atoms with Gasteiger partial charge in [-0.3, -0.25) is 14.5 Å². The lowest BCUT2D eigenvalue weighted by molar-refractivity contribution is 0.0655. The molecule has 1 fully saturated rings. The summed E-state index contributed by atoms with van der Waals surface area (Å²) < 4.78 is 5.64. The van der Waals surface area contributed by atoms with Gasteiger partial charge in [-0.1, -0.05) is 12.1 Å². The number of hydrogen-bond acceptors (Lipinski definition) is 5. The maximum absolute atomic E-state index is 12.3. The van der Waals surface area contributed by atoms with Crippen molar-refractivity contribution < 1.29 is 14.3 Å². The van der Waals surface area contributed by atoms with Crippen LogP contribution in [0, 0.1) is 0 Å². The Hall–Kier alpha value is -2.05. The van der Waals surface area contributed by atoms with Gasteiger partial charge in [-0.05, 0) is 25.0 Å². The monoisotopic (exact) mass is 328 g/mol. The Morgan fingerprint density at radius 2 is 1.96 bits per heavy atom. The molecule has 1 saturated heterocycles. The predicted octanol–water partition coefficient (Wildman–Crippen LogP) is 2.83. The highest BCUT2D eigenvalue weighted by molar-refractivity contribution is 7.09. The van der Waals surface area contributed by atoms with Crippen LogP contribution in [0.25, 0.3) is 0 Å². The van der Waals surface area contributed by atoms with Gasteiger partial charge >= 0.3 is 0 Å². The Kier molecular flexibility index (Phi) is 3.71. The number of carbonyl (C=O) groups excluding carboxylic acids is 2. The summed E-state index contributed by atoms with van der Waals surface area (Å²) in [4.78, 5) is 30.5. The summed E-state index contributed by atoms with van der Waals surface area (Å²) in [5.74, 6) is -0.416. The summed E-state index contributed by atoms with van der Waals surface area (Å²) in [6.45, 7) is 1.16. The summed E-state index contributed by atoms with van der Waals surface area (Å²) in [5, 5.41) is 3.00. The second kappa shape index (κ2) is 5.86. The molecule has 0 N–H and O–H groups in total. The maximum atomic E-state index is 12.3. The summed E-state index contributed by atoms with van der Waals surface area (Å²) in [6.07, 6.45) is 2.79. The van der Waals surface area contributed by atoms with E-state index < -0.39 is 0 Å². The number of imide groups is 1. The topological polar surface area (TPSA) is 59.5 Å². The molecule has 1 aromatic heterocycles. The molecule has 2 aliphatic rings. The van der Waals surface area contributed by atoms with Crippen molar-refractivity contribution in [2.24, 2.45) is 0 Å². The molecule has 0 bridgehead atoms. The number of hydrogen-bond donors (Lipinski definition) is 0. The Morgan fingerprint density at radius 3 is 2.61 bits per heavy atom. The maximum Gasteiger partial charge on any atom is 0.261 e. The minimum Gasteiger partial charge on any atom is -0.371 e. The van der Waals surface area contributed by atoms with E-state index in [-0.39, 0.29) is 17.9 Å². The molecule has 5 nitrogen and oxygen atoms in total. The molecule has 3 heterocycles. The van der Waals surface area contributed by atoms with Crippen molar-refractivity contribution in [1.82, 2.24) is 9.88 Å². The fourth-order valence-electron chi connectivity index (χ4n) is 3.03. The Morgan fingerprint density at radius 1 is 1.22 bits per heavy atom. The number of carbonyl (C=O) groups is 2. The third-order valence-electron chi connectivity index (χ3n) is 4.24.